The molecule has 0 aliphatic carbocycles. The number of hydrogen-bond acceptors (Lipinski definition) is 4. The molecule has 11 heavy (non-hydrogen) atoms. The van der Waals surface area contributed by atoms with Crippen LogP contribution in [0.25, 0.3) is 0 Å². The molecule has 0 saturated carbocycles. The number of halogens is 1. The summed E-state index contributed by atoms with van der Waals surface area (Å²) in [6.07, 6.45) is 0. The summed E-state index contributed by atoms with van der Waals surface area (Å²) >= 11 is 6.91. The van der Waals surface area contributed by atoms with E-state index in [0.717, 1.165) is 17.5 Å². The molecule has 0 atom stereocenters. The van der Waals surface area contributed by atoms with Crippen LogP contribution in [-0.2, 0) is 0 Å². The first-order chi connectivity index (χ1) is 5.13. The fraction of sp³-hybridized carbons (Fsp3) is 0.667. The fourth-order valence-corrected chi connectivity index (χ4v) is 1.43. The molecule has 1 aromatic heterocycles. The lowest BCUT2D eigenvalue weighted by molar-refractivity contribution is 0.747. The maximum atomic E-state index is 5.77. The van der Waals surface area contributed by atoms with Crippen molar-refractivity contribution >= 4 is 29.1 Å². The van der Waals surface area contributed by atoms with Gasteiger partial charge in [0.15, 0.2) is 11.0 Å². The molecule has 0 unspecified atom stereocenters. The third-order valence-corrected chi connectivity index (χ3v) is 2.41. The van der Waals surface area contributed by atoms with E-state index in [1.807, 2.05) is 11.9 Å². The van der Waals surface area contributed by atoms with E-state index < -0.39 is 0 Å². The van der Waals surface area contributed by atoms with Gasteiger partial charge in [0, 0.05) is 13.1 Å². The molecule has 0 aliphatic rings. The Morgan fingerprint density at radius 2 is 2.09 bits per heavy atom. The molecule has 0 aliphatic heterocycles. The van der Waals surface area contributed by atoms with Crippen LogP contribution < -0.4 is 4.90 Å². The van der Waals surface area contributed by atoms with Crippen molar-refractivity contribution in [1.29, 1.82) is 0 Å². The van der Waals surface area contributed by atoms with Crippen molar-refractivity contribution in [3.05, 3.63) is 5.15 Å². The van der Waals surface area contributed by atoms with E-state index in [2.05, 4.69) is 22.6 Å². The standard InChI is InChI=1S/C6H10ClN3S/c1-4(2)10(3)6-5(7)8-11-9-6/h4H,1-3H3. The van der Waals surface area contributed by atoms with Crippen molar-refractivity contribution in [1.82, 2.24) is 8.75 Å². The molecule has 1 aromatic rings. The Morgan fingerprint density at radius 1 is 1.45 bits per heavy atom. The third kappa shape index (κ3) is 1.81. The van der Waals surface area contributed by atoms with Gasteiger partial charge in [-0.15, -0.1) is 0 Å². The van der Waals surface area contributed by atoms with Crippen molar-refractivity contribution in [2.45, 2.75) is 19.9 Å². The fourth-order valence-electron chi connectivity index (χ4n) is 0.628. The lowest BCUT2D eigenvalue weighted by Gasteiger charge is -2.20. The zero-order chi connectivity index (χ0) is 8.43. The first-order valence-corrected chi connectivity index (χ1v) is 4.44. The molecule has 0 amide bonds. The molecule has 0 N–H and O–H groups in total. The number of anilines is 1. The van der Waals surface area contributed by atoms with Crippen LogP contribution in [-0.4, -0.2) is 21.8 Å². The quantitative estimate of drug-likeness (QED) is 0.717. The normalized spacial score (nSPS) is 10.6. The summed E-state index contributed by atoms with van der Waals surface area (Å²) in [4.78, 5) is 1.99. The summed E-state index contributed by atoms with van der Waals surface area (Å²) in [6.45, 7) is 4.16. The van der Waals surface area contributed by atoms with Crippen LogP contribution in [0.2, 0.25) is 5.15 Å². The van der Waals surface area contributed by atoms with Gasteiger partial charge in [-0.05, 0) is 13.8 Å². The molecule has 0 aromatic carbocycles. The van der Waals surface area contributed by atoms with Crippen LogP contribution in [0.1, 0.15) is 13.8 Å². The van der Waals surface area contributed by atoms with Gasteiger partial charge in [0.2, 0.25) is 0 Å². The average molecular weight is 192 g/mol. The van der Waals surface area contributed by atoms with Crippen LogP contribution in [0.3, 0.4) is 0 Å². The van der Waals surface area contributed by atoms with Gasteiger partial charge in [0.25, 0.3) is 0 Å². The van der Waals surface area contributed by atoms with Crippen molar-refractivity contribution in [2.24, 2.45) is 0 Å². The monoisotopic (exact) mass is 191 g/mol. The van der Waals surface area contributed by atoms with Crippen LogP contribution >= 0.6 is 23.3 Å². The highest BCUT2D eigenvalue weighted by molar-refractivity contribution is 6.99. The molecular weight excluding hydrogens is 182 g/mol. The van der Waals surface area contributed by atoms with Gasteiger partial charge in [0.05, 0.1) is 11.7 Å². The Morgan fingerprint density at radius 3 is 2.45 bits per heavy atom. The highest BCUT2D eigenvalue weighted by atomic mass is 35.5. The summed E-state index contributed by atoms with van der Waals surface area (Å²) in [5, 5.41) is 0.492. The molecule has 5 heteroatoms. The van der Waals surface area contributed by atoms with Gasteiger partial charge in [0.1, 0.15) is 0 Å². The Balaban J connectivity index is 2.84. The topological polar surface area (TPSA) is 29.0 Å². The van der Waals surface area contributed by atoms with E-state index in [1.165, 1.54) is 0 Å². The molecule has 0 radical (unpaired) electrons. The molecule has 0 fully saturated rings. The van der Waals surface area contributed by atoms with E-state index in [1.54, 1.807) is 0 Å². The highest BCUT2D eigenvalue weighted by Gasteiger charge is 2.12. The van der Waals surface area contributed by atoms with Gasteiger partial charge in [-0.25, -0.2) is 0 Å². The molecule has 0 bridgehead atoms. The molecule has 1 heterocycles. The zero-order valence-electron chi connectivity index (χ0n) is 6.71. The van der Waals surface area contributed by atoms with E-state index in [0.29, 0.717) is 11.2 Å². The van der Waals surface area contributed by atoms with Gasteiger partial charge < -0.3 is 4.90 Å². The molecular formula is C6H10ClN3S. The molecule has 1 rings (SSSR count). The lowest BCUT2D eigenvalue weighted by atomic mass is 10.3. The van der Waals surface area contributed by atoms with E-state index in [9.17, 15) is 0 Å². The van der Waals surface area contributed by atoms with Gasteiger partial charge >= 0.3 is 0 Å². The van der Waals surface area contributed by atoms with Crippen molar-refractivity contribution in [3.63, 3.8) is 0 Å². The molecule has 0 spiro atoms. The van der Waals surface area contributed by atoms with E-state index in [4.69, 9.17) is 11.6 Å². The predicted octanol–water partition coefficient (Wildman–Crippen LogP) is 2.04. The minimum atomic E-state index is 0.399. The maximum Gasteiger partial charge on any atom is 0.187 e. The zero-order valence-corrected chi connectivity index (χ0v) is 8.28. The maximum absolute atomic E-state index is 5.77. The third-order valence-electron chi connectivity index (χ3n) is 1.54. The Labute approximate surface area is 75.3 Å². The number of aromatic nitrogens is 2. The number of hydrogen-bond donors (Lipinski definition) is 0. The second-order valence-corrected chi connectivity index (χ2v) is 3.47. The summed E-state index contributed by atoms with van der Waals surface area (Å²) < 4.78 is 7.94. The van der Waals surface area contributed by atoms with Crippen LogP contribution in [0.4, 0.5) is 5.82 Å². The Kier molecular flexibility index (Phi) is 2.67. The molecule has 3 nitrogen and oxygen atoms in total. The summed E-state index contributed by atoms with van der Waals surface area (Å²) in [5.41, 5.74) is 0. The lowest BCUT2D eigenvalue weighted by Crippen LogP contribution is -2.26. The first-order valence-electron chi connectivity index (χ1n) is 3.34. The highest BCUT2D eigenvalue weighted by Crippen LogP contribution is 2.22. The second-order valence-electron chi connectivity index (χ2n) is 2.58. The molecule has 0 saturated heterocycles. The summed E-state index contributed by atoms with van der Waals surface area (Å²) in [7, 11) is 1.95. The second kappa shape index (κ2) is 3.36. The van der Waals surface area contributed by atoms with Crippen molar-refractivity contribution in [3.8, 4) is 0 Å². The largest absolute Gasteiger partial charge is 0.354 e. The van der Waals surface area contributed by atoms with E-state index in [-0.39, 0.29) is 0 Å². The SMILES string of the molecule is CC(C)N(C)c1nsnc1Cl. The van der Waals surface area contributed by atoms with Gasteiger partial charge in [-0.2, -0.15) is 8.75 Å². The van der Waals surface area contributed by atoms with E-state index >= 15 is 0 Å². The molecule has 62 valence electrons. The minimum Gasteiger partial charge on any atom is -0.354 e. The minimum absolute atomic E-state index is 0.399. The summed E-state index contributed by atoms with van der Waals surface area (Å²) in [6, 6.07) is 0.399. The van der Waals surface area contributed by atoms with Crippen molar-refractivity contribution in [2.75, 3.05) is 11.9 Å². The van der Waals surface area contributed by atoms with Gasteiger partial charge in [-0.3, -0.25) is 0 Å². The van der Waals surface area contributed by atoms with Crippen LogP contribution in [0.15, 0.2) is 0 Å². The Bertz CT molecular complexity index is 235. The smallest absolute Gasteiger partial charge is 0.187 e. The van der Waals surface area contributed by atoms with Crippen LogP contribution in [0.5, 0.6) is 0 Å². The average Bonchev–Trinajstić information content (AvgIpc) is 2.33. The van der Waals surface area contributed by atoms with Crippen molar-refractivity contribution < 1.29 is 0 Å². The first kappa shape index (κ1) is 8.74. The number of rotatable bonds is 2. The summed E-state index contributed by atoms with van der Waals surface area (Å²) in [5.74, 6) is 0.770. The Hall–Kier alpha value is -0.350. The number of nitrogens with zero attached hydrogens (tertiary/aromatic N) is 3. The predicted molar refractivity (Wildman–Crippen MR) is 48.5 cm³/mol. The van der Waals surface area contributed by atoms with Crippen LogP contribution in [0, 0.1) is 0 Å². The van der Waals surface area contributed by atoms with Gasteiger partial charge in [-0.1, -0.05) is 11.6 Å².